The van der Waals surface area contributed by atoms with E-state index in [1.807, 2.05) is 0 Å². The van der Waals surface area contributed by atoms with Crippen molar-refractivity contribution in [1.29, 1.82) is 0 Å². The van der Waals surface area contributed by atoms with Gasteiger partial charge in [-0.15, -0.1) is 0 Å². The van der Waals surface area contributed by atoms with Crippen LogP contribution >= 0.6 is 23.2 Å². The Hall–Kier alpha value is -1.78. The molecule has 23 heavy (non-hydrogen) atoms. The van der Waals surface area contributed by atoms with Gasteiger partial charge in [-0.2, -0.15) is 0 Å². The zero-order chi connectivity index (χ0) is 17.0. The van der Waals surface area contributed by atoms with Crippen LogP contribution in [0.3, 0.4) is 0 Å². The van der Waals surface area contributed by atoms with Gasteiger partial charge in [0.05, 0.1) is 11.1 Å². The van der Waals surface area contributed by atoms with E-state index in [1.165, 1.54) is 12.1 Å². The third-order valence-electron chi connectivity index (χ3n) is 3.30. The van der Waals surface area contributed by atoms with Gasteiger partial charge in [0.2, 0.25) is 0 Å². The normalized spacial score (nSPS) is 13.3. The molecule has 122 valence electrons. The van der Waals surface area contributed by atoms with Crippen LogP contribution in [-0.2, 0) is 4.79 Å². The van der Waals surface area contributed by atoms with Crippen LogP contribution in [0.5, 0.6) is 5.75 Å². The van der Waals surface area contributed by atoms with Gasteiger partial charge < -0.3 is 10.1 Å². The van der Waals surface area contributed by atoms with Gasteiger partial charge in [0.15, 0.2) is 6.10 Å². The lowest BCUT2D eigenvalue weighted by atomic mass is 10.1. The van der Waals surface area contributed by atoms with Crippen molar-refractivity contribution in [2.75, 3.05) is 0 Å². The second kappa shape index (κ2) is 7.66. The average Bonchev–Trinajstić information content (AvgIpc) is 2.50. The molecular formula is C17H16Cl2FNO2. The first-order chi connectivity index (χ1) is 10.9. The van der Waals surface area contributed by atoms with Crippen LogP contribution in [0.15, 0.2) is 42.5 Å². The Kier molecular flexibility index (Phi) is 5.85. The summed E-state index contributed by atoms with van der Waals surface area (Å²) in [5.74, 6) is -0.376. The highest BCUT2D eigenvalue weighted by molar-refractivity contribution is 6.35. The molecule has 0 saturated carbocycles. The highest BCUT2D eigenvalue weighted by atomic mass is 35.5. The molecular weight excluding hydrogens is 340 g/mol. The number of nitrogens with one attached hydrogen (secondary N) is 1. The summed E-state index contributed by atoms with van der Waals surface area (Å²) < 4.78 is 19.2. The number of carbonyl (C=O) groups excluding carboxylic acids is 1. The van der Waals surface area contributed by atoms with Crippen LogP contribution in [0.4, 0.5) is 4.39 Å². The van der Waals surface area contributed by atoms with Gasteiger partial charge in [-0.25, -0.2) is 4.39 Å². The van der Waals surface area contributed by atoms with Crippen molar-refractivity contribution in [1.82, 2.24) is 5.32 Å². The number of hydrogen-bond donors (Lipinski definition) is 1. The Bertz CT molecular complexity index is 709. The zero-order valence-electron chi connectivity index (χ0n) is 12.6. The molecule has 0 spiro atoms. The lowest BCUT2D eigenvalue weighted by molar-refractivity contribution is -0.127. The molecule has 6 heteroatoms. The number of benzene rings is 2. The maximum Gasteiger partial charge on any atom is 0.261 e. The summed E-state index contributed by atoms with van der Waals surface area (Å²) in [6, 6.07) is 10.6. The average molecular weight is 356 g/mol. The number of hydrogen-bond acceptors (Lipinski definition) is 2. The van der Waals surface area contributed by atoms with E-state index in [9.17, 15) is 9.18 Å². The highest BCUT2D eigenvalue weighted by Gasteiger charge is 2.20. The minimum absolute atomic E-state index is 0.319. The van der Waals surface area contributed by atoms with E-state index in [0.717, 1.165) is 0 Å². The van der Waals surface area contributed by atoms with Crippen LogP contribution in [-0.4, -0.2) is 12.0 Å². The molecule has 1 N–H and O–H groups in total. The topological polar surface area (TPSA) is 38.3 Å². The molecule has 2 rings (SSSR count). The van der Waals surface area contributed by atoms with Gasteiger partial charge in [0.1, 0.15) is 11.6 Å². The Labute approximate surface area is 144 Å². The van der Waals surface area contributed by atoms with Crippen molar-refractivity contribution in [2.45, 2.75) is 26.0 Å². The van der Waals surface area contributed by atoms with E-state index >= 15 is 0 Å². The summed E-state index contributed by atoms with van der Waals surface area (Å²) in [7, 11) is 0. The van der Waals surface area contributed by atoms with E-state index in [4.69, 9.17) is 27.9 Å². The summed E-state index contributed by atoms with van der Waals surface area (Å²) in [4.78, 5) is 12.2. The molecule has 1 amide bonds. The smallest absolute Gasteiger partial charge is 0.261 e. The van der Waals surface area contributed by atoms with Gasteiger partial charge in [0, 0.05) is 10.6 Å². The van der Waals surface area contributed by atoms with E-state index in [0.29, 0.717) is 21.4 Å². The predicted octanol–water partition coefficient (Wildman–Crippen LogP) is 4.78. The first-order valence-corrected chi connectivity index (χ1v) is 7.80. The van der Waals surface area contributed by atoms with Crippen LogP contribution in [0.1, 0.15) is 25.5 Å². The highest BCUT2D eigenvalue weighted by Crippen LogP contribution is 2.28. The maximum atomic E-state index is 13.7. The summed E-state index contributed by atoms with van der Waals surface area (Å²) >= 11 is 11.8. The molecule has 0 unspecified atom stereocenters. The fourth-order valence-electron chi connectivity index (χ4n) is 2.05. The third-order valence-corrected chi connectivity index (χ3v) is 3.83. The first-order valence-electron chi connectivity index (χ1n) is 7.05. The third kappa shape index (κ3) is 4.60. The Morgan fingerprint density at radius 3 is 2.52 bits per heavy atom. The van der Waals surface area contributed by atoms with Crippen molar-refractivity contribution >= 4 is 29.1 Å². The molecule has 0 aliphatic heterocycles. The molecule has 0 bridgehead atoms. The van der Waals surface area contributed by atoms with Crippen LogP contribution in [0, 0.1) is 5.82 Å². The van der Waals surface area contributed by atoms with Gasteiger partial charge in [-0.05, 0) is 38.1 Å². The summed E-state index contributed by atoms with van der Waals surface area (Å²) in [5.41, 5.74) is 0.414. The molecule has 0 aromatic heterocycles. The van der Waals surface area contributed by atoms with Crippen molar-refractivity contribution in [2.24, 2.45) is 0 Å². The molecule has 2 aromatic carbocycles. The lowest BCUT2D eigenvalue weighted by Gasteiger charge is -2.19. The number of amides is 1. The van der Waals surface area contributed by atoms with Gasteiger partial charge >= 0.3 is 0 Å². The van der Waals surface area contributed by atoms with Crippen molar-refractivity contribution < 1.29 is 13.9 Å². The van der Waals surface area contributed by atoms with E-state index in [2.05, 4.69) is 5.32 Å². The monoisotopic (exact) mass is 355 g/mol. The van der Waals surface area contributed by atoms with Crippen molar-refractivity contribution in [3.8, 4) is 5.75 Å². The number of halogens is 3. The minimum atomic E-state index is -0.789. The summed E-state index contributed by atoms with van der Waals surface area (Å²) in [5, 5.41) is 3.51. The largest absolute Gasteiger partial charge is 0.479 e. The summed E-state index contributed by atoms with van der Waals surface area (Å²) in [6.45, 7) is 3.30. The molecule has 3 nitrogen and oxygen atoms in total. The SMILES string of the molecule is C[C@H](Oc1ccc(Cl)cc1Cl)C(=O)N[C@@H](C)c1ccccc1F. The molecule has 0 aliphatic carbocycles. The van der Waals surface area contributed by atoms with Crippen LogP contribution in [0.25, 0.3) is 0 Å². The Morgan fingerprint density at radius 1 is 1.17 bits per heavy atom. The fourth-order valence-corrected chi connectivity index (χ4v) is 2.50. The zero-order valence-corrected chi connectivity index (χ0v) is 14.2. The molecule has 0 aliphatic rings. The second-order valence-electron chi connectivity index (χ2n) is 5.09. The van der Waals surface area contributed by atoms with Crippen molar-refractivity contribution in [3.63, 3.8) is 0 Å². The number of rotatable bonds is 5. The van der Waals surface area contributed by atoms with E-state index in [-0.39, 0.29) is 11.7 Å². The number of carbonyl (C=O) groups is 1. The first kappa shape index (κ1) is 17.6. The quantitative estimate of drug-likeness (QED) is 0.838. The maximum absolute atomic E-state index is 13.7. The standard InChI is InChI=1S/C17H16Cl2FNO2/c1-10(13-5-3-4-6-15(13)20)21-17(22)11(2)23-16-8-7-12(18)9-14(16)19/h3-11H,1-2H3,(H,21,22)/t10-,11-/m0/s1. The van der Waals surface area contributed by atoms with Crippen molar-refractivity contribution in [3.05, 3.63) is 63.9 Å². The minimum Gasteiger partial charge on any atom is -0.479 e. The van der Waals surface area contributed by atoms with E-state index in [1.54, 1.807) is 44.2 Å². The molecule has 2 atom stereocenters. The molecule has 0 saturated heterocycles. The molecule has 2 aromatic rings. The predicted molar refractivity (Wildman–Crippen MR) is 89.5 cm³/mol. The van der Waals surface area contributed by atoms with Crippen LogP contribution < -0.4 is 10.1 Å². The van der Waals surface area contributed by atoms with Gasteiger partial charge in [-0.1, -0.05) is 41.4 Å². The lowest BCUT2D eigenvalue weighted by Crippen LogP contribution is -2.38. The van der Waals surface area contributed by atoms with E-state index < -0.39 is 12.1 Å². The molecule has 0 heterocycles. The van der Waals surface area contributed by atoms with Gasteiger partial charge in [0.25, 0.3) is 5.91 Å². The Balaban J connectivity index is 2.01. The summed E-state index contributed by atoms with van der Waals surface area (Å²) in [6.07, 6.45) is -0.789. The molecule has 0 fully saturated rings. The van der Waals surface area contributed by atoms with Crippen LogP contribution in [0.2, 0.25) is 10.0 Å². The molecule has 0 radical (unpaired) electrons. The number of ether oxygens (including phenoxy) is 1. The fraction of sp³-hybridized carbons (Fsp3) is 0.235. The Morgan fingerprint density at radius 2 is 1.87 bits per heavy atom. The second-order valence-corrected chi connectivity index (χ2v) is 5.93. The van der Waals surface area contributed by atoms with Gasteiger partial charge in [-0.3, -0.25) is 4.79 Å².